The van der Waals surface area contributed by atoms with Crippen molar-refractivity contribution >= 4 is 33.4 Å². The molecular weight excluding hydrogens is 436 g/mol. The van der Waals surface area contributed by atoms with Crippen molar-refractivity contribution in [3.63, 3.8) is 0 Å². The monoisotopic (exact) mass is 458 g/mol. The van der Waals surface area contributed by atoms with Crippen molar-refractivity contribution in [3.05, 3.63) is 93.2 Å². The Kier molecular flexibility index (Phi) is 5.95. The van der Waals surface area contributed by atoms with Crippen LogP contribution in [0.15, 0.2) is 77.6 Å². The number of thiazole rings is 1. The van der Waals surface area contributed by atoms with E-state index in [1.54, 1.807) is 11.5 Å². The van der Waals surface area contributed by atoms with Gasteiger partial charge in [-0.05, 0) is 48.0 Å². The number of fused-ring (bicyclic) bond motifs is 3. The van der Waals surface area contributed by atoms with Crippen molar-refractivity contribution in [2.75, 3.05) is 20.3 Å². The molecule has 2 aromatic heterocycles. The number of rotatable bonds is 8. The van der Waals surface area contributed by atoms with Gasteiger partial charge in [0, 0.05) is 6.42 Å². The van der Waals surface area contributed by atoms with E-state index < -0.39 is 0 Å². The van der Waals surface area contributed by atoms with Crippen molar-refractivity contribution in [1.82, 2.24) is 9.38 Å². The first-order valence-electron chi connectivity index (χ1n) is 10.6. The van der Waals surface area contributed by atoms with E-state index >= 15 is 0 Å². The summed E-state index contributed by atoms with van der Waals surface area (Å²) in [5.41, 5.74) is 2.57. The molecule has 0 aliphatic carbocycles. The van der Waals surface area contributed by atoms with E-state index in [2.05, 4.69) is 4.98 Å². The highest BCUT2D eigenvalue weighted by Crippen LogP contribution is 2.25. The number of hydrogen-bond acceptors (Lipinski definition) is 6. The number of methoxy groups -OCH3 is 1. The lowest BCUT2D eigenvalue weighted by molar-refractivity contribution is 0.240. The Labute approximate surface area is 194 Å². The average Bonchev–Trinajstić information content (AvgIpc) is 3.36. The van der Waals surface area contributed by atoms with Crippen molar-refractivity contribution in [2.24, 2.45) is 0 Å². The minimum atomic E-state index is -0.0425. The molecule has 0 spiro atoms. The number of benzene rings is 3. The molecule has 0 N–H and O–H groups in total. The first-order chi connectivity index (χ1) is 16.2. The lowest BCUT2D eigenvalue weighted by Crippen LogP contribution is -2.22. The molecule has 0 saturated carbocycles. The summed E-state index contributed by atoms with van der Waals surface area (Å²) < 4.78 is 19.2. The fraction of sp³-hybridized carbons (Fsp3) is 0.154. The van der Waals surface area contributed by atoms with Crippen LogP contribution in [-0.2, 0) is 0 Å². The lowest BCUT2D eigenvalue weighted by atomic mass is 10.2. The normalized spacial score (nSPS) is 11.8. The Bertz CT molecular complexity index is 1510. The van der Waals surface area contributed by atoms with Crippen LogP contribution < -0.4 is 24.3 Å². The standard InChI is InChI=1S/C26H22N2O4S/c1-30-22-9-4-5-10-23(22)32-16-6-15-31-19-13-11-18(12-14-19)17-24-25(29)28-21-8-3-2-7-20(21)27-26(28)33-24/h2-5,7-14,17H,6,15-16H2,1H3/b24-17-. The van der Waals surface area contributed by atoms with Gasteiger partial charge in [-0.1, -0.05) is 47.7 Å². The third-order valence-electron chi connectivity index (χ3n) is 5.21. The van der Waals surface area contributed by atoms with Gasteiger partial charge in [0.15, 0.2) is 16.5 Å². The molecule has 5 rings (SSSR count). The summed E-state index contributed by atoms with van der Waals surface area (Å²) in [5.74, 6) is 2.23. The molecular formula is C26H22N2O4S. The van der Waals surface area contributed by atoms with Gasteiger partial charge >= 0.3 is 0 Å². The summed E-state index contributed by atoms with van der Waals surface area (Å²) in [5, 5.41) is 0. The second-order valence-electron chi connectivity index (χ2n) is 7.40. The van der Waals surface area contributed by atoms with E-state index in [1.807, 2.05) is 78.9 Å². The number of hydrogen-bond donors (Lipinski definition) is 0. The van der Waals surface area contributed by atoms with Crippen molar-refractivity contribution in [2.45, 2.75) is 6.42 Å². The van der Waals surface area contributed by atoms with Crippen LogP contribution in [-0.4, -0.2) is 29.7 Å². The Balaban J connectivity index is 1.21. The summed E-state index contributed by atoms with van der Waals surface area (Å²) >= 11 is 1.40. The maximum Gasteiger partial charge on any atom is 0.274 e. The van der Waals surface area contributed by atoms with Crippen molar-refractivity contribution in [1.29, 1.82) is 0 Å². The summed E-state index contributed by atoms with van der Waals surface area (Å²) in [4.78, 5) is 18.1. The Morgan fingerprint density at radius 1 is 0.909 bits per heavy atom. The van der Waals surface area contributed by atoms with Gasteiger partial charge in [0.05, 0.1) is 35.9 Å². The van der Waals surface area contributed by atoms with Crippen molar-refractivity contribution in [3.8, 4) is 17.2 Å². The van der Waals surface area contributed by atoms with Gasteiger partial charge in [-0.2, -0.15) is 0 Å². The van der Waals surface area contributed by atoms with Crippen LogP contribution in [0.3, 0.4) is 0 Å². The molecule has 7 heteroatoms. The maximum absolute atomic E-state index is 12.9. The summed E-state index contributed by atoms with van der Waals surface area (Å²) in [6.45, 7) is 1.07. The van der Waals surface area contributed by atoms with Crippen LogP contribution in [0.1, 0.15) is 12.0 Å². The van der Waals surface area contributed by atoms with Gasteiger partial charge < -0.3 is 14.2 Å². The third-order valence-corrected chi connectivity index (χ3v) is 6.18. The summed E-state index contributed by atoms with van der Waals surface area (Å²) in [6, 6.07) is 23.0. The Hall–Kier alpha value is -3.84. The van der Waals surface area contributed by atoms with E-state index in [1.165, 1.54) is 11.3 Å². The zero-order valence-corrected chi connectivity index (χ0v) is 18.9. The smallest absolute Gasteiger partial charge is 0.274 e. The first-order valence-corrected chi connectivity index (χ1v) is 11.4. The molecule has 3 aromatic carbocycles. The molecule has 0 saturated heterocycles. The van der Waals surface area contributed by atoms with E-state index in [4.69, 9.17) is 14.2 Å². The van der Waals surface area contributed by atoms with E-state index in [0.717, 1.165) is 40.3 Å². The minimum absolute atomic E-state index is 0.0425. The summed E-state index contributed by atoms with van der Waals surface area (Å²) in [7, 11) is 1.63. The number of aromatic nitrogens is 2. The van der Waals surface area contributed by atoms with Gasteiger partial charge in [0.2, 0.25) is 0 Å². The van der Waals surface area contributed by atoms with E-state index in [9.17, 15) is 4.79 Å². The fourth-order valence-electron chi connectivity index (χ4n) is 3.59. The van der Waals surface area contributed by atoms with Crippen LogP contribution in [0.25, 0.3) is 22.1 Å². The molecule has 0 aliphatic rings. The maximum atomic E-state index is 12.9. The topological polar surface area (TPSA) is 62.1 Å². The largest absolute Gasteiger partial charge is 0.493 e. The third kappa shape index (κ3) is 4.40. The zero-order chi connectivity index (χ0) is 22.6. The molecule has 0 amide bonds. The Morgan fingerprint density at radius 2 is 1.64 bits per heavy atom. The van der Waals surface area contributed by atoms with Gasteiger partial charge in [-0.3, -0.25) is 4.79 Å². The number of imidazole rings is 1. The van der Waals surface area contributed by atoms with E-state index in [-0.39, 0.29) is 5.56 Å². The molecule has 0 radical (unpaired) electrons. The number of ether oxygens (including phenoxy) is 3. The molecule has 2 heterocycles. The number of nitrogens with zero attached hydrogens (tertiary/aromatic N) is 2. The highest BCUT2D eigenvalue weighted by Gasteiger charge is 2.10. The fourth-order valence-corrected chi connectivity index (χ4v) is 4.58. The molecule has 33 heavy (non-hydrogen) atoms. The quantitative estimate of drug-likeness (QED) is 0.324. The van der Waals surface area contributed by atoms with Crippen LogP contribution >= 0.6 is 11.3 Å². The first kappa shape index (κ1) is 21.0. The van der Waals surface area contributed by atoms with Crippen LogP contribution in [0, 0.1) is 0 Å². The van der Waals surface area contributed by atoms with Crippen molar-refractivity contribution < 1.29 is 14.2 Å². The molecule has 0 unspecified atom stereocenters. The number of para-hydroxylation sites is 4. The van der Waals surface area contributed by atoms with Crippen LogP contribution in [0.4, 0.5) is 0 Å². The predicted octanol–water partition coefficient (Wildman–Crippen LogP) is 4.31. The zero-order valence-electron chi connectivity index (χ0n) is 18.1. The highest BCUT2D eigenvalue weighted by atomic mass is 32.1. The highest BCUT2D eigenvalue weighted by molar-refractivity contribution is 7.15. The van der Waals surface area contributed by atoms with Crippen LogP contribution in [0.5, 0.6) is 17.2 Å². The molecule has 0 atom stereocenters. The molecule has 0 fully saturated rings. The second kappa shape index (κ2) is 9.34. The second-order valence-corrected chi connectivity index (χ2v) is 8.41. The van der Waals surface area contributed by atoms with Gasteiger partial charge in [-0.25, -0.2) is 9.38 Å². The molecule has 6 nitrogen and oxygen atoms in total. The minimum Gasteiger partial charge on any atom is -0.493 e. The van der Waals surface area contributed by atoms with Crippen LogP contribution in [0.2, 0.25) is 0 Å². The predicted molar refractivity (Wildman–Crippen MR) is 131 cm³/mol. The SMILES string of the molecule is COc1ccccc1OCCCOc1ccc(/C=c2\sc3nc4ccccc4n3c2=O)cc1. The van der Waals surface area contributed by atoms with E-state index in [0.29, 0.717) is 22.7 Å². The molecule has 166 valence electrons. The lowest BCUT2D eigenvalue weighted by Gasteiger charge is -2.10. The van der Waals surface area contributed by atoms with Gasteiger partial charge in [-0.15, -0.1) is 0 Å². The average molecular weight is 459 g/mol. The summed E-state index contributed by atoms with van der Waals surface area (Å²) in [6.07, 6.45) is 2.63. The van der Waals surface area contributed by atoms with Gasteiger partial charge in [0.25, 0.3) is 5.56 Å². The van der Waals surface area contributed by atoms with Gasteiger partial charge in [0.1, 0.15) is 5.75 Å². The molecule has 0 aliphatic heterocycles. The molecule has 0 bridgehead atoms. The Morgan fingerprint density at radius 3 is 2.45 bits per heavy atom. The molecule has 5 aromatic rings.